The highest BCUT2D eigenvalue weighted by molar-refractivity contribution is 6.15. The van der Waals surface area contributed by atoms with Gasteiger partial charge in [-0.2, -0.15) is 0 Å². The second kappa shape index (κ2) is 9.28. The van der Waals surface area contributed by atoms with E-state index in [1.165, 1.54) is 6.21 Å². The minimum Gasteiger partial charge on any atom is -0.511 e. The summed E-state index contributed by atoms with van der Waals surface area (Å²) in [4.78, 5) is 17.1. The number of nitrogens with zero attached hydrogens (tertiary/aromatic N) is 1. The van der Waals surface area contributed by atoms with E-state index in [9.17, 15) is 9.90 Å². The summed E-state index contributed by atoms with van der Waals surface area (Å²) in [7, 11) is 3.14. The number of carbonyl (C=O) groups is 1. The van der Waals surface area contributed by atoms with Crippen LogP contribution in [0.1, 0.15) is 31.2 Å². The number of allylic oxidation sites excluding steroid dienone is 2. The number of carbonyl (C=O) groups excluding carboxylic acids is 1. The van der Waals surface area contributed by atoms with Crippen LogP contribution >= 0.6 is 0 Å². The highest BCUT2D eigenvalue weighted by atomic mass is 16.5. The lowest BCUT2D eigenvalue weighted by Gasteiger charge is -2.23. The van der Waals surface area contributed by atoms with Crippen molar-refractivity contribution in [2.45, 2.75) is 25.7 Å². The van der Waals surface area contributed by atoms with Gasteiger partial charge < -0.3 is 19.3 Å². The Bertz CT molecular complexity index is 948. The predicted octanol–water partition coefficient (Wildman–Crippen LogP) is 4.76. The standard InChI is InChI=1S/C23H25NO5/c1-4-29-21-8-6-5-7-18(21)24-14-17-19(25)11-16(12-20(17)26)15-9-10-22(27-2)23(13-15)28-3/h5-10,13-14,16,25H,4,11-12H2,1-3H3. The van der Waals surface area contributed by atoms with Crippen LogP contribution in [0.25, 0.3) is 0 Å². The van der Waals surface area contributed by atoms with Crippen molar-refractivity contribution < 1.29 is 24.1 Å². The molecule has 0 amide bonds. The minimum absolute atomic E-state index is 0.0404. The predicted molar refractivity (Wildman–Crippen MR) is 112 cm³/mol. The van der Waals surface area contributed by atoms with Crippen molar-refractivity contribution in [3.05, 3.63) is 59.4 Å². The molecule has 0 fully saturated rings. The number of benzene rings is 2. The lowest BCUT2D eigenvalue weighted by atomic mass is 9.83. The molecule has 1 aliphatic carbocycles. The van der Waals surface area contributed by atoms with Gasteiger partial charge in [0, 0.05) is 19.1 Å². The van der Waals surface area contributed by atoms with Gasteiger partial charge in [-0.1, -0.05) is 18.2 Å². The van der Waals surface area contributed by atoms with E-state index in [4.69, 9.17) is 14.2 Å². The monoisotopic (exact) mass is 395 g/mol. The number of methoxy groups -OCH3 is 2. The number of hydrogen-bond acceptors (Lipinski definition) is 6. The number of rotatable bonds is 7. The molecule has 1 unspecified atom stereocenters. The number of Topliss-reactive ketones (excluding diaryl/α,β-unsaturated/α-hetero) is 1. The van der Waals surface area contributed by atoms with Gasteiger partial charge in [0.15, 0.2) is 17.3 Å². The average molecular weight is 395 g/mol. The smallest absolute Gasteiger partial charge is 0.168 e. The molecular weight excluding hydrogens is 370 g/mol. The van der Waals surface area contributed by atoms with Crippen LogP contribution in [-0.2, 0) is 4.79 Å². The maximum atomic E-state index is 12.7. The van der Waals surface area contributed by atoms with Crippen molar-refractivity contribution in [1.29, 1.82) is 0 Å². The molecule has 152 valence electrons. The minimum atomic E-state index is -0.147. The molecule has 0 heterocycles. The van der Waals surface area contributed by atoms with E-state index < -0.39 is 0 Å². The first-order valence-electron chi connectivity index (χ1n) is 9.50. The van der Waals surface area contributed by atoms with Crippen molar-refractivity contribution in [2.24, 2.45) is 4.99 Å². The largest absolute Gasteiger partial charge is 0.511 e. The Labute approximate surface area is 170 Å². The molecule has 2 aromatic rings. The zero-order chi connectivity index (χ0) is 20.8. The molecule has 0 radical (unpaired) electrons. The SMILES string of the molecule is CCOc1ccccc1N=CC1=C(O)CC(c2ccc(OC)c(OC)c2)CC1=O. The van der Waals surface area contributed by atoms with Crippen molar-refractivity contribution in [3.8, 4) is 17.2 Å². The van der Waals surface area contributed by atoms with Gasteiger partial charge in [0.25, 0.3) is 0 Å². The summed E-state index contributed by atoms with van der Waals surface area (Å²) < 4.78 is 16.2. The summed E-state index contributed by atoms with van der Waals surface area (Å²) >= 11 is 0. The Morgan fingerprint density at radius 2 is 1.83 bits per heavy atom. The third-order valence-corrected chi connectivity index (χ3v) is 4.86. The molecule has 0 aromatic heterocycles. The number of aliphatic hydroxyl groups excluding tert-OH is 1. The Balaban J connectivity index is 1.83. The second-order valence-electron chi connectivity index (χ2n) is 6.66. The van der Waals surface area contributed by atoms with Crippen molar-refractivity contribution in [3.63, 3.8) is 0 Å². The number of ether oxygens (including phenoxy) is 3. The van der Waals surface area contributed by atoms with Gasteiger partial charge in [-0.05, 0) is 42.7 Å². The van der Waals surface area contributed by atoms with Gasteiger partial charge in [-0.15, -0.1) is 0 Å². The molecule has 3 rings (SSSR count). The van der Waals surface area contributed by atoms with Crippen LogP contribution in [0.4, 0.5) is 5.69 Å². The quantitative estimate of drug-likeness (QED) is 0.684. The Morgan fingerprint density at radius 3 is 2.52 bits per heavy atom. The van der Waals surface area contributed by atoms with Crippen LogP contribution in [0.15, 0.2) is 58.8 Å². The van der Waals surface area contributed by atoms with E-state index >= 15 is 0 Å². The number of hydrogen-bond donors (Lipinski definition) is 1. The molecule has 0 saturated heterocycles. The highest BCUT2D eigenvalue weighted by Gasteiger charge is 2.28. The van der Waals surface area contributed by atoms with Gasteiger partial charge in [0.1, 0.15) is 17.2 Å². The fraction of sp³-hybridized carbons (Fsp3) is 0.304. The van der Waals surface area contributed by atoms with E-state index in [1.807, 2.05) is 37.3 Å². The van der Waals surface area contributed by atoms with Crippen molar-refractivity contribution in [2.75, 3.05) is 20.8 Å². The Kier molecular flexibility index (Phi) is 6.54. The lowest BCUT2D eigenvalue weighted by molar-refractivity contribution is -0.116. The van der Waals surface area contributed by atoms with Crippen LogP contribution in [0.5, 0.6) is 17.2 Å². The summed E-state index contributed by atoms with van der Waals surface area (Å²) in [6, 6.07) is 12.9. The van der Waals surface area contributed by atoms with E-state index in [0.29, 0.717) is 36.0 Å². The first-order valence-corrected chi connectivity index (χ1v) is 9.50. The fourth-order valence-electron chi connectivity index (χ4n) is 3.37. The molecule has 0 saturated carbocycles. The summed E-state index contributed by atoms with van der Waals surface area (Å²) in [5.41, 5.74) is 1.78. The molecule has 0 aliphatic heterocycles. The molecule has 1 atom stereocenters. The molecule has 6 heteroatoms. The zero-order valence-corrected chi connectivity index (χ0v) is 16.8. The van der Waals surface area contributed by atoms with E-state index in [0.717, 1.165) is 5.56 Å². The molecule has 29 heavy (non-hydrogen) atoms. The number of ketones is 1. The molecular formula is C23H25NO5. The van der Waals surface area contributed by atoms with Crippen LogP contribution in [0.3, 0.4) is 0 Å². The van der Waals surface area contributed by atoms with Crippen LogP contribution in [0, 0.1) is 0 Å². The number of para-hydroxylation sites is 2. The number of aliphatic imine (C=N–C) groups is 1. The molecule has 0 spiro atoms. The first kappa shape index (κ1) is 20.5. The topological polar surface area (TPSA) is 77.3 Å². The molecule has 2 aromatic carbocycles. The van der Waals surface area contributed by atoms with E-state index in [-0.39, 0.29) is 29.5 Å². The molecule has 0 bridgehead atoms. The lowest BCUT2D eigenvalue weighted by Crippen LogP contribution is -2.19. The van der Waals surface area contributed by atoms with Gasteiger partial charge in [0.2, 0.25) is 0 Å². The molecule has 6 nitrogen and oxygen atoms in total. The van der Waals surface area contributed by atoms with Gasteiger partial charge in [-0.3, -0.25) is 9.79 Å². The summed E-state index contributed by atoms with van der Waals surface area (Å²) in [5, 5.41) is 10.5. The average Bonchev–Trinajstić information content (AvgIpc) is 2.73. The van der Waals surface area contributed by atoms with Gasteiger partial charge >= 0.3 is 0 Å². The Hall–Kier alpha value is -3.28. The van der Waals surface area contributed by atoms with Crippen LogP contribution < -0.4 is 14.2 Å². The molecule has 1 N–H and O–H groups in total. The summed E-state index contributed by atoms with van der Waals surface area (Å²) in [5.74, 6) is 1.62. The third-order valence-electron chi connectivity index (χ3n) is 4.86. The normalized spacial score (nSPS) is 16.9. The second-order valence-corrected chi connectivity index (χ2v) is 6.66. The highest BCUT2D eigenvalue weighted by Crippen LogP contribution is 2.37. The van der Waals surface area contributed by atoms with Crippen LogP contribution in [0.2, 0.25) is 0 Å². The first-order chi connectivity index (χ1) is 14.1. The third kappa shape index (κ3) is 4.59. The zero-order valence-electron chi connectivity index (χ0n) is 16.8. The van der Waals surface area contributed by atoms with Crippen LogP contribution in [-0.4, -0.2) is 37.9 Å². The number of aliphatic hydroxyl groups is 1. The van der Waals surface area contributed by atoms with Crippen molar-refractivity contribution >= 4 is 17.7 Å². The van der Waals surface area contributed by atoms with E-state index in [1.54, 1.807) is 26.4 Å². The maximum Gasteiger partial charge on any atom is 0.168 e. The summed E-state index contributed by atoms with van der Waals surface area (Å²) in [6.07, 6.45) is 2.07. The van der Waals surface area contributed by atoms with Crippen molar-refractivity contribution in [1.82, 2.24) is 0 Å². The van der Waals surface area contributed by atoms with Gasteiger partial charge in [-0.25, -0.2) is 0 Å². The summed E-state index contributed by atoms with van der Waals surface area (Å²) in [6.45, 7) is 2.42. The van der Waals surface area contributed by atoms with E-state index in [2.05, 4.69) is 4.99 Å². The Morgan fingerprint density at radius 1 is 1.07 bits per heavy atom. The molecule has 1 aliphatic rings. The van der Waals surface area contributed by atoms with Gasteiger partial charge in [0.05, 0.1) is 26.4 Å². The fourth-order valence-corrected chi connectivity index (χ4v) is 3.37. The maximum absolute atomic E-state index is 12.7.